The Hall–Kier alpha value is -1.88. The van der Waals surface area contributed by atoms with Crippen molar-refractivity contribution in [2.75, 3.05) is 13.1 Å². The maximum absolute atomic E-state index is 12.6. The summed E-state index contributed by atoms with van der Waals surface area (Å²) in [4.78, 5) is 26.1. The largest absolute Gasteiger partial charge is 0.392 e. The molecule has 2 heterocycles. The molecule has 2 N–H and O–H groups in total. The summed E-state index contributed by atoms with van der Waals surface area (Å²) in [6, 6.07) is 10.1. The zero-order valence-electron chi connectivity index (χ0n) is 16.3. The predicted octanol–water partition coefficient (Wildman–Crippen LogP) is 2.67. The lowest BCUT2D eigenvalue weighted by Crippen LogP contribution is -2.44. The van der Waals surface area contributed by atoms with Gasteiger partial charge in [-0.05, 0) is 50.0 Å². The number of piperidine rings is 1. The first kappa shape index (κ1) is 19.9. The number of rotatable bonds is 7. The van der Waals surface area contributed by atoms with Gasteiger partial charge in [0.05, 0.1) is 6.10 Å². The van der Waals surface area contributed by atoms with Gasteiger partial charge >= 0.3 is 0 Å². The van der Waals surface area contributed by atoms with Crippen molar-refractivity contribution in [2.45, 2.75) is 69.9 Å². The highest BCUT2D eigenvalue weighted by Gasteiger charge is 2.36. The number of hydrogen-bond acceptors (Lipinski definition) is 3. The van der Waals surface area contributed by atoms with Crippen LogP contribution in [0.25, 0.3) is 0 Å². The van der Waals surface area contributed by atoms with E-state index in [1.807, 2.05) is 35.2 Å². The van der Waals surface area contributed by atoms with E-state index in [-0.39, 0.29) is 29.4 Å². The minimum atomic E-state index is -0.346. The Morgan fingerprint density at radius 3 is 2.59 bits per heavy atom. The molecule has 2 saturated heterocycles. The molecule has 1 aromatic rings. The number of amides is 2. The first-order chi connectivity index (χ1) is 13.0. The Kier molecular flexibility index (Phi) is 6.53. The zero-order valence-corrected chi connectivity index (χ0v) is 16.3. The summed E-state index contributed by atoms with van der Waals surface area (Å²) in [7, 11) is 0. The average Bonchev–Trinajstić information content (AvgIpc) is 3.08. The topological polar surface area (TPSA) is 69.6 Å². The van der Waals surface area contributed by atoms with E-state index in [0.717, 1.165) is 50.8 Å². The number of nitrogens with zero attached hydrogens (tertiary/aromatic N) is 1. The molecule has 2 aliphatic heterocycles. The van der Waals surface area contributed by atoms with E-state index in [2.05, 4.69) is 12.2 Å². The second kappa shape index (κ2) is 8.87. The number of aliphatic hydroxyl groups excluding tert-OH is 1. The lowest BCUT2D eigenvalue weighted by molar-refractivity contribution is -0.133. The number of hydrogen-bond donors (Lipinski definition) is 2. The summed E-state index contributed by atoms with van der Waals surface area (Å²) in [5.74, 6) is 0.544. The van der Waals surface area contributed by atoms with Crippen molar-refractivity contribution in [3.63, 3.8) is 0 Å². The Morgan fingerprint density at radius 2 is 2.00 bits per heavy atom. The summed E-state index contributed by atoms with van der Waals surface area (Å²) in [5, 5.41) is 13.6. The van der Waals surface area contributed by atoms with Crippen molar-refractivity contribution < 1.29 is 14.7 Å². The standard InChI is InChI=1S/C22H32N2O3/c1-2-22(12-8-20(26)23-22)13-9-21(27)24-14-10-18(11-15-24)19(25)16-17-6-4-3-5-7-17/h3-7,18-19,25H,2,8-16H2,1H3,(H,23,26)/t19-,22+/m0/s1. The predicted molar refractivity (Wildman–Crippen MR) is 105 cm³/mol. The van der Waals surface area contributed by atoms with E-state index in [1.54, 1.807) is 0 Å². The number of carbonyl (C=O) groups excluding carboxylic acids is 2. The van der Waals surface area contributed by atoms with Crippen LogP contribution in [-0.4, -0.2) is 46.6 Å². The molecular weight excluding hydrogens is 340 g/mol. The van der Waals surface area contributed by atoms with Crippen LogP contribution >= 0.6 is 0 Å². The lowest BCUT2D eigenvalue weighted by Gasteiger charge is -2.35. The lowest BCUT2D eigenvalue weighted by atomic mass is 9.87. The van der Waals surface area contributed by atoms with Crippen LogP contribution in [0.5, 0.6) is 0 Å². The third kappa shape index (κ3) is 5.10. The van der Waals surface area contributed by atoms with Gasteiger partial charge in [-0.15, -0.1) is 0 Å². The van der Waals surface area contributed by atoms with Gasteiger partial charge in [0.1, 0.15) is 0 Å². The van der Waals surface area contributed by atoms with Crippen LogP contribution in [0.15, 0.2) is 30.3 Å². The fraction of sp³-hybridized carbons (Fsp3) is 0.636. The summed E-state index contributed by atoms with van der Waals surface area (Å²) in [6.07, 6.45) is 5.55. The molecule has 0 unspecified atom stereocenters. The Bertz CT molecular complexity index is 640. The maximum Gasteiger partial charge on any atom is 0.222 e. The van der Waals surface area contributed by atoms with Gasteiger partial charge < -0.3 is 15.3 Å². The zero-order chi connectivity index (χ0) is 19.3. The van der Waals surface area contributed by atoms with Crippen LogP contribution in [-0.2, 0) is 16.0 Å². The first-order valence-corrected chi connectivity index (χ1v) is 10.3. The van der Waals surface area contributed by atoms with Crippen LogP contribution in [0.1, 0.15) is 57.4 Å². The monoisotopic (exact) mass is 372 g/mol. The van der Waals surface area contributed by atoms with Gasteiger partial charge in [-0.3, -0.25) is 9.59 Å². The minimum Gasteiger partial charge on any atom is -0.392 e. The van der Waals surface area contributed by atoms with Gasteiger partial charge in [0, 0.05) is 31.5 Å². The molecule has 148 valence electrons. The molecule has 3 rings (SSSR count). The van der Waals surface area contributed by atoms with E-state index >= 15 is 0 Å². The average molecular weight is 373 g/mol. The molecule has 0 bridgehead atoms. The van der Waals surface area contributed by atoms with E-state index < -0.39 is 0 Å². The van der Waals surface area contributed by atoms with Gasteiger partial charge in [-0.2, -0.15) is 0 Å². The molecule has 2 atom stereocenters. The Labute approximate surface area is 162 Å². The van der Waals surface area contributed by atoms with Crippen LogP contribution in [0.2, 0.25) is 0 Å². The van der Waals surface area contributed by atoms with Gasteiger partial charge in [-0.25, -0.2) is 0 Å². The van der Waals surface area contributed by atoms with E-state index in [9.17, 15) is 14.7 Å². The van der Waals surface area contributed by atoms with Gasteiger partial charge in [0.15, 0.2) is 0 Å². The number of benzene rings is 1. The quantitative estimate of drug-likeness (QED) is 0.773. The molecule has 2 fully saturated rings. The Balaban J connectivity index is 1.43. The fourth-order valence-corrected chi connectivity index (χ4v) is 4.46. The fourth-order valence-electron chi connectivity index (χ4n) is 4.46. The molecule has 0 radical (unpaired) electrons. The van der Waals surface area contributed by atoms with Crippen molar-refractivity contribution >= 4 is 11.8 Å². The smallest absolute Gasteiger partial charge is 0.222 e. The summed E-state index contributed by atoms with van der Waals surface area (Å²) >= 11 is 0. The molecule has 5 nitrogen and oxygen atoms in total. The van der Waals surface area contributed by atoms with Crippen LogP contribution in [0.4, 0.5) is 0 Å². The second-order valence-electron chi connectivity index (χ2n) is 8.16. The second-order valence-corrected chi connectivity index (χ2v) is 8.16. The number of likely N-dealkylation sites (tertiary alicyclic amines) is 1. The van der Waals surface area contributed by atoms with Gasteiger partial charge in [-0.1, -0.05) is 37.3 Å². The first-order valence-electron chi connectivity index (χ1n) is 10.3. The van der Waals surface area contributed by atoms with E-state index in [1.165, 1.54) is 0 Å². The van der Waals surface area contributed by atoms with Crippen molar-refractivity contribution in [3.8, 4) is 0 Å². The summed E-state index contributed by atoms with van der Waals surface area (Å²) < 4.78 is 0. The van der Waals surface area contributed by atoms with E-state index in [0.29, 0.717) is 19.3 Å². The van der Waals surface area contributed by atoms with Crippen molar-refractivity contribution in [2.24, 2.45) is 5.92 Å². The number of aliphatic hydroxyl groups is 1. The highest BCUT2D eigenvalue weighted by Crippen LogP contribution is 2.30. The summed E-state index contributed by atoms with van der Waals surface area (Å²) in [6.45, 7) is 3.53. The molecule has 27 heavy (non-hydrogen) atoms. The van der Waals surface area contributed by atoms with Crippen LogP contribution < -0.4 is 5.32 Å². The molecule has 0 aliphatic carbocycles. The molecule has 0 aromatic heterocycles. The highest BCUT2D eigenvalue weighted by atomic mass is 16.3. The SMILES string of the molecule is CC[C@]1(CCC(=O)N2CCC([C@@H](O)Cc3ccccc3)CC2)CCC(=O)N1. The molecule has 2 aliphatic rings. The van der Waals surface area contributed by atoms with E-state index in [4.69, 9.17) is 0 Å². The molecule has 0 saturated carbocycles. The van der Waals surface area contributed by atoms with Crippen LogP contribution in [0.3, 0.4) is 0 Å². The highest BCUT2D eigenvalue weighted by molar-refractivity contribution is 5.80. The maximum atomic E-state index is 12.6. The number of nitrogens with one attached hydrogen (secondary N) is 1. The molecule has 5 heteroatoms. The van der Waals surface area contributed by atoms with Crippen molar-refractivity contribution in [1.82, 2.24) is 10.2 Å². The van der Waals surface area contributed by atoms with Crippen LogP contribution in [0, 0.1) is 5.92 Å². The Morgan fingerprint density at radius 1 is 1.30 bits per heavy atom. The molecule has 1 aromatic carbocycles. The molecule has 0 spiro atoms. The van der Waals surface area contributed by atoms with Gasteiger partial charge in [0.25, 0.3) is 0 Å². The normalized spacial score (nSPS) is 24.7. The minimum absolute atomic E-state index is 0.109. The third-order valence-corrected chi connectivity index (χ3v) is 6.45. The molecular formula is C22H32N2O3. The van der Waals surface area contributed by atoms with Crippen molar-refractivity contribution in [3.05, 3.63) is 35.9 Å². The number of carbonyl (C=O) groups is 2. The van der Waals surface area contributed by atoms with Gasteiger partial charge in [0.2, 0.25) is 11.8 Å². The molecule has 2 amide bonds. The summed E-state index contributed by atoms with van der Waals surface area (Å²) in [5.41, 5.74) is 0.976. The van der Waals surface area contributed by atoms with Crippen molar-refractivity contribution in [1.29, 1.82) is 0 Å². The third-order valence-electron chi connectivity index (χ3n) is 6.45.